The summed E-state index contributed by atoms with van der Waals surface area (Å²) in [4.78, 5) is 5.79. The van der Waals surface area contributed by atoms with Gasteiger partial charge in [0.1, 0.15) is 0 Å². The molecule has 5 heteroatoms. The molecule has 0 amide bonds. The Labute approximate surface area is 65.2 Å². The second-order valence-corrected chi connectivity index (χ2v) is 2.62. The molecule has 2 N–H and O–H groups in total. The van der Waals surface area contributed by atoms with E-state index in [1.165, 1.54) is 0 Å². The lowest BCUT2D eigenvalue weighted by molar-refractivity contribution is 0.361. The number of hydrogen-bond acceptors (Lipinski definition) is 5. The van der Waals surface area contributed by atoms with Gasteiger partial charge >= 0.3 is 0 Å². The average Bonchev–Trinajstić information content (AvgIpc) is 2.33. The quantitative estimate of drug-likeness (QED) is 0.660. The standard InChI is InChI=1S/C6H12N4O/c1-4(7)5-8-6(9-11-5)10(2)3/h4H,7H2,1-3H3. The molecule has 62 valence electrons. The van der Waals surface area contributed by atoms with Gasteiger partial charge in [0.05, 0.1) is 6.04 Å². The van der Waals surface area contributed by atoms with Crippen molar-refractivity contribution in [1.82, 2.24) is 10.1 Å². The summed E-state index contributed by atoms with van der Waals surface area (Å²) in [7, 11) is 3.69. The second kappa shape index (κ2) is 2.87. The monoisotopic (exact) mass is 156 g/mol. The van der Waals surface area contributed by atoms with Crippen LogP contribution in [0.3, 0.4) is 0 Å². The van der Waals surface area contributed by atoms with Gasteiger partial charge in [0, 0.05) is 14.1 Å². The maximum absolute atomic E-state index is 5.51. The zero-order valence-corrected chi connectivity index (χ0v) is 6.90. The molecule has 0 radical (unpaired) electrons. The molecule has 1 atom stereocenters. The number of nitrogens with zero attached hydrogens (tertiary/aromatic N) is 3. The van der Waals surface area contributed by atoms with Crippen molar-refractivity contribution in [2.75, 3.05) is 19.0 Å². The average molecular weight is 156 g/mol. The van der Waals surface area contributed by atoms with Crippen molar-refractivity contribution in [2.45, 2.75) is 13.0 Å². The minimum absolute atomic E-state index is 0.198. The minimum Gasteiger partial charge on any atom is -0.344 e. The molecule has 0 fully saturated rings. The van der Waals surface area contributed by atoms with Crippen molar-refractivity contribution in [1.29, 1.82) is 0 Å². The van der Waals surface area contributed by atoms with Crippen LogP contribution in [0.25, 0.3) is 0 Å². The molecule has 0 saturated heterocycles. The van der Waals surface area contributed by atoms with E-state index in [1.54, 1.807) is 11.8 Å². The van der Waals surface area contributed by atoms with Crippen LogP contribution in [-0.4, -0.2) is 24.2 Å². The van der Waals surface area contributed by atoms with Crippen LogP contribution in [0.5, 0.6) is 0 Å². The van der Waals surface area contributed by atoms with Crippen LogP contribution in [0.2, 0.25) is 0 Å². The Hall–Kier alpha value is -1.10. The Morgan fingerprint density at radius 2 is 2.18 bits per heavy atom. The van der Waals surface area contributed by atoms with Gasteiger partial charge in [-0.05, 0) is 12.1 Å². The highest BCUT2D eigenvalue weighted by molar-refractivity contribution is 5.23. The molecule has 1 heterocycles. The van der Waals surface area contributed by atoms with Crippen molar-refractivity contribution in [3.05, 3.63) is 5.89 Å². The Balaban J connectivity index is 2.82. The number of nitrogens with two attached hydrogens (primary N) is 1. The van der Waals surface area contributed by atoms with Crippen molar-refractivity contribution >= 4 is 5.95 Å². The summed E-state index contributed by atoms with van der Waals surface area (Å²) in [6.07, 6.45) is 0. The molecule has 1 aromatic rings. The normalized spacial score (nSPS) is 13.1. The lowest BCUT2D eigenvalue weighted by atomic mass is 10.4. The highest BCUT2D eigenvalue weighted by Gasteiger charge is 2.10. The zero-order chi connectivity index (χ0) is 8.43. The molecule has 0 bridgehead atoms. The zero-order valence-electron chi connectivity index (χ0n) is 6.90. The van der Waals surface area contributed by atoms with E-state index in [1.807, 2.05) is 14.1 Å². The van der Waals surface area contributed by atoms with Crippen LogP contribution in [0.1, 0.15) is 18.9 Å². The molecule has 5 nitrogen and oxygen atoms in total. The maximum atomic E-state index is 5.51. The van der Waals surface area contributed by atoms with Crippen LogP contribution in [0.4, 0.5) is 5.95 Å². The van der Waals surface area contributed by atoms with E-state index in [0.717, 1.165) is 0 Å². The van der Waals surface area contributed by atoms with E-state index in [0.29, 0.717) is 11.8 Å². The molecule has 11 heavy (non-hydrogen) atoms. The highest BCUT2D eigenvalue weighted by atomic mass is 16.5. The Bertz CT molecular complexity index is 208. The Morgan fingerprint density at radius 3 is 2.45 bits per heavy atom. The number of rotatable bonds is 2. The predicted octanol–water partition coefficient (Wildman–Crippen LogP) is 0.155. The Morgan fingerprint density at radius 1 is 1.55 bits per heavy atom. The van der Waals surface area contributed by atoms with Gasteiger partial charge in [-0.25, -0.2) is 0 Å². The summed E-state index contributed by atoms with van der Waals surface area (Å²) in [5.74, 6) is 1.02. The van der Waals surface area contributed by atoms with Crippen molar-refractivity contribution in [3.63, 3.8) is 0 Å². The van der Waals surface area contributed by atoms with E-state index in [4.69, 9.17) is 10.3 Å². The lowest BCUT2D eigenvalue weighted by Gasteiger charge is -2.02. The minimum atomic E-state index is -0.198. The number of aromatic nitrogens is 2. The highest BCUT2D eigenvalue weighted by Crippen LogP contribution is 2.10. The van der Waals surface area contributed by atoms with Gasteiger partial charge in [-0.1, -0.05) is 0 Å². The van der Waals surface area contributed by atoms with Crippen LogP contribution in [0.15, 0.2) is 4.52 Å². The topological polar surface area (TPSA) is 68.2 Å². The van der Waals surface area contributed by atoms with Crippen LogP contribution < -0.4 is 10.6 Å². The molecule has 1 unspecified atom stereocenters. The predicted molar refractivity (Wildman–Crippen MR) is 41.2 cm³/mol. The fraction of sp³-hybridized carbons (Fsp3) is 0.667. The molecular formula is C6H12N4O. The van der Waals surface area contributed by atoms with Gasteiger partial charge in [0.25, 0.3) is 5.95 Å². The summed E-state index contributed by atoms with van der Waals surface area (Å²) in [5.41, 5.74) is 5.51. The first kappa shape index (κ1) is 8.00. The van der Waals surface area contributed by atoms with Gasteiger partial charge < -0.3 is 15.2 Å². The molecule has 1 aromatic heterocycles. The first-order valence-electron chi connectivity index (χ1n) is 3.37. The van der Waals surface area contributed by atoms with Crippen LogP contribution in [-0.2, 0) is 0 Å². The molecule has 0 saturated carbocycles. The van der Waals surface area contributed by atoms with Gasteiger partial charge in [0.2, 0.25) is 5.89 Å². The van der Waals surface area contributed by atoms with E-state index in [-0.39, 0.29) is 6.04 Å². The molecule has 0 aliphatic carbocycles. The molecule has 0 aliphatic heterocycles. The number of hydrogen-bond donors (Lipinski definition) is 1. The third-order valence-corrected chi connectivity index (χ3v) is 1.22. The molecule has 0 aliphatic rings. The maximum Gasteiger partial charge on any atom is 0.265 e. The third kappa shape index (κ3) is 1.68. The fourth-order valence-corrected chi connectivity index (χ4v) is 0.594. The summed E-state index contributed by atoms with van der Waals surface area (Å²) in [6.45, 7) is 1.80. The van der Waals surface area contributed by atoms with Crippen molar-refractivity contribution < 1.29 is 4.52 Å². The van der Waals surface area contributed by atoms with E-state index in [9.17, 15) is 0 Å². The van der Waals surface area contributed by atoms with Gasteiger partial charge in [-0.2, -0.15) is 4.98 Å². The summed E-state index contributed by atoms with van der Waals surface area (Å²) in [5, 5.41) is 3.70. The van der Waals surface area contributed by atoms with Crippen LogP contribution in [0, 0.1) is 0 Å². The molecule has 0 spiro atoms. The number of anilines is 1. The molecule has 1 rings (SSSR count). The summed E-state index contributed by atoms with van der Waals surface area (Å²) >= 11 is 0. The first-order valence-corrected chi connectivity index (χ1v) is 3.37. The van der Waals surface area contributed by atoms with Crippen molar-refractivity contribution in [3.8, 4) is 0 Å². The van der Waals surface area contributed by atoms with Gasteiger partial charge in [0.15, 0.2) is 0 Å². The van der Waals surface area contributed by atoms with Crippen molar-refractivity contribution in [2.24, 2.45) is 5.73 Å². The fourth-order valence-electron chi connectivity index (χ4n) is 0.594. The molecule has 0 aromatic carbocycles. The summed E-state index contributed by atoms with van der Waals surface area (Å²) in [6, 6.07) is -0.198. The second-order valence-electron chi connectivity index (χ2n) is 2.62. The molecular weight excluding hydrogens is 144 g/mol. The SMILES string of the molecule is CC(N)c1nc(N(C)C)no1. The van der Waals surface area contributed by atoms with E-state index < -0.39 is 0 Å². The lowest BCUT2D eigenvalue weighted by Crippen LogP contribution is -2.11. The largest absolute Gasteiger partial charge is 0.344 e. The summed E-state index contributed by atoms with van der Waals surface area (Å²) < 4.78 is 4.86. The first-order chi connectivity index (χ1) is 5.11. The van der Waals surface area contributed by atoms with E-state index in [2.05, 4.69) is 10.1 Å². The Kier molecular flexibility index (Phi) is 2.09. The van der Waals surface area contributed by atoms with Gasteiger partial charge in [-0.3, -0.25) is 0 Å². The van der Waals surface area contributed by atoms with Crippen LogP contribution >= 0.6 is 0 Å². The van der Waals surface area contributed by atoms with E-state index >= 15 is 0 Å². The van der Waals surface area contributed by atoms with Gasteiger partial charge in [-0.15, -0.1) is 0 Å². The smallest absolute Gasteiger partial charge is 0.265 e. The third-order valence-electron chi connectivity index (χ3n) is 1.22.